The van der Waals surface area contributed by atoms with Gasteiger partial charge in [0, 0.05) is 53.7 Å². The van der Waals surface area contributed by atoms with Crippen molar-refractivity contribution in [3.63, 3.8) is 0 Å². The Labute approximate surface area is 162 Å². The van der Waals surface area contributed by atoms with E-state index < -0.39 is 5.97 Å². The molecule has 0 aliphatic carbocycles. The van der Waals surface area contributed by atoms with Crippen LogP contribution in [0.5, 0.6) is 0 Å². The first kappa shape index (κ1) is 25.8. The second kappa shape index (κ2) is 18.2. The highest BCUT2D eigenvalue weighted by Crippen LogP contribution is 2.32. The van der Waals surface area contributed by atoms with Crippen LogP contribution in [0.1, 0.15) is 78.1 Å². The van der Waals surface area contributed by atoms with Crippen LogP contribution in [0.15, 0.2) is 0 Å². The SMILES string of the molecule is CCCCCCCCC(CCCOCCCOCC)C(OC)(OC)OC. The highest BCUT2D eigenvalue weighted by Gasteiger charge is 2.39. The molecule has 1 unspecified atom stereocenters. The van der Waals surface area contributed by atoms with Crippen molar-refractivity contribution in [2.75, 3.05) is 47.8 Å². The Morgan fingerprint density at radius 1 is 0.615 bits per heavy atom. The number of hydrogen-bond acceptors (Lipinski definition) is 5. The summed E-state index contributed by atoms with van der Waals surface area (Å²) in [5, 5.41) is 0. The quantitative estimate of drug-likeness (QED) is 0.217. The van der Waals surface area contributed by atoms with Crippen LogP contribution >= 0.6 is 0 Å². The maximum atomic E-state index is 5.71. The Hall–Kier alpha value is -0.200. The molecule has 0 bridgehead atoms. The lowest BCUT2D eigenvalue weighted by Gasteiger charge is -2.36. The van der Waals surface area contributed by atoms with Gasteiger partial charge in [-0.15, -0.1) is 0 Å². The molecule has 0 aromatic rings. The van der Waals surface area contributed by atoms with E-state index in [1.807, 2.05) is 6.92 Å². The topological polar surface area (TPSA) is 46.2 Å². The Balaban J connectivity index is 4.20. The van der Waals surface area contributed by atoms with Crippen molar-refractivity contribution in [3.05, 3.63) is 0 Å². The summed E-state index contributed by atoms with van der Waals surface area (Å²) in [7, 11) is 4.97. The van der Waals surface area contributed by atoms with Crippen molar-refractivity contribution in [1.29, 1.82) is 0 Å². The maximum Gasteiger partial charge on any atom is 0.285 e. The van der Waals surface area contributed by atoms with E-state index in [1.165, 1.54) is 38.5 Å². The van der Waals surface area contributed by atoms with Crippen LogP contribution in [-0.4, -0.2) is 53.7 Å². The molecular weight excluding hydrogens is 332 g/mol. The minimum atomic E-state index is -0.946. The number of rotatable bonds is 20. The van der Waals surface area contributed by atoms with E-state index in [1.54, 1.807) is 21.3 Å². The molecule has 5 nitrogen and oxygen atoms in total. The van der Waals surface area contributed by atoms with Gasteiger partial charge >= 0.3 is 0 Å². The average Bonchev–Trinajstić information content (AvgIpc) is 2.67. The summed E-state index contributed by atoms with van der Waals surface area (Å²) < 4.78 is 27.9. The molecule has 26 heavy (non-hydrogen) atoms. The molecule has 0 N–H and O–H groups in total. The van der Waals surface area contributed by atoms with Gasteiger partial charge in [-0.25, -0.2) is 0 Å². The molecule has 0 heterocycles. The Kier molecular flexibility index (Phi) is 18.0. The van der Waals surface area contributed by atoms with E-state index in [0.717, 1.165) is 52.1 Å². The molecule has 0 rings (SSSR count). The van der Waals surface area contributed by atoms with E-state index in [-0.39, 0.29) is 5.92 Å². The number of ether oxygens (including phenoxy) is 5. The molecule has 0 saturated carbocycles. The third kappa shape index (κ3) is 11.5. The molecule has 158 valence electrons. The van der Waals surface area contributed by atoms with Crippen LogP contribution in [0.25, 0.3) is 0 Å². The normalized spacial score (nSPS) is 13.3. The lowest BCUT2D eigenvalue weighted by molar-refractivity contribution is -0.380. The van der Waals surface area contributed by atoms with Crippen LogP contribution in [0.2, 0.25) is 0 Å². The van der Waals surface area contributed by atoms with E-state index in [2.05, 4.69) is 6.92 Å². The third-order valence-corrected chi connectivity index (χ3v) is 4.88. The van der Waals surface area contributed by atoms with E-state index in [4.69, 9.17) is 23.7 Å². The van der Waals surface area contributed by atoms with Crippen molar-refractivity contribution in [3.8, 4) is 0 Å². The first-order valence-electron chi connectivity index (χ1n) is 10.5. The molecule has 0 spiro atoms. The lowest BCUT2D eigenvalue weighted by atomic mass is 9.93. The first-order valence-corrected chi connectivity index (χ1v) is 10.5. The first-order chi connectivity index (χ1) is 12.7. The van der Waals surface area contributed by atoms with Crippen molar-refractivity contribution in [2.24, 2.45) is 5.92 Å². The van der Waals surface area contributed by atoms with Gasteiger partial charge in [-0.05, 0) is 32.6 Å². The fourth-order valence-electron chi connectivity index (χ4n) is 3.36. The van der Waals surface area contributed by atoms with Crippen molar-refractivity contribution in [1.82, 2.24) is 0 Å². The van der Waals surface area contributed by atoms with Crippen molar-refractivity contribution < 1.29 is 23.7 Å². The van der Waals surface area contributed by atoms with Gasteiger partial charge in [0.1, 0.15) is 0 Å². The molecule has 1 atom stereocenters. The zero-order valence-electron chi connectivity index (χ0n) is 18.0. The fraction of sp³-hybridized carbons (Fsp3) is 1.00. The molecule has 0 fully saturated rings. The lowest BCUT2D eigenvalue weighted by Crippen LogP contribution is -2.44. The van der Waals surface area contributed by atoms with Gasteiger partial charge in [0.25, 0.3) is 5.97 Å². The summed E-state index contributed by atoms with van der Waals surface area (Å²) in [5.41, 5.74) is 0. The molecule has 0 amide bonds. The summed E-state index contributed by atoms with van der Waals surface area (Å²) >= 11 is 0. The predicted octanol–water partition coefficient (Wildman–Crippen LogP) is 5.17. The molecule has 0 aliphatic heterocycles. The maximum absolute atomic E-state index is 5.71. The van der Waals surface area contributed by atoms with Gasteiger partial charge in [-0.2, -0.15) is 0 Å². The molecule has 0 aromatic heterocycles. The van der Waals surface area contributed by atoms with Crippen LogP contribution in [0.4, 0.5) is 0 Å². The molecule has 5 heteroatoms. The van der Waals surface area contributed by atoms with Crippen molar-refractivity contribution in [2.45, 2.75) is 84.0 Å². The highest BCUT2D eigenvalue weighted by molar-refractivity contribution is 4.71. The monoisotopic (exact) mass is 376 g/mol. The minimum absolute atomic E-state index is 0.209. The predicted molar refractivity (Wildman–Crippen MR) is 106 cm³/mol. The Morgan fingerprint density at radius 3 is 1.77 bits per heavy atom. The van der Waals surface area contributed by atoms with Crippen LogP contribution < -0.4 is 0 Å². The smallest absolute Gasteiger partial charge is 0.285 e. The van der Waals surface area contributed by atoms with Crippen LogP contribution in [-0.2, 0) is 23.7 Å². The van der Waals surface area contributed by atoms with Gasteiger partial charge in [-0.3, -0.25) is 0 Å². The number of unbranched alkanes of at least 4 members (excludes halogenated alkanes) is 5. The van der Waals surface area contributed by atoms with E-state index in [0.29, 0.717) is 0 Å². The van der Waals surface area contributed by atoms with Crippen molar-refractivity contribution >= 4 is 0 Å². The van der Waals surface area contributed by atoms with Crippen LogP contribution in [0.3, 0.4) is 0 Å². The molecule has 0 radical (unpaired) electrons. The van der Waals surface area contributed by atoms with Gasteiger partial charge < -0.3 is 23.7 Å². The number of methoxy groups -OCH3 is 3. The third-order valence-electron chi connectivity index (χ3n) is 4.88. The van der Waals surface area contributed by atoms with Gasteiger partial charge in [0.05, 0.1) is 0 Å². The second-order valence-electron chi connectivity index (χ2n) is 6.77. The average molecular weight is 377 g/mol. The number of hydrogen-bond donors (Lipinski definition) is 0. The summed E-state index contributed by atoms with van der Waals surface area (Å²) in [5.74, 6) is -0.737. The summed E-state index contributed by atoms with van der Waals surface area (Å²) in [4.78, 5) is 0. The Bertz CT molecular complexity index is 273. The summed E-state index contributed by atoms with van der Waals surface area (Å²) in [6.07, 6.45) is 11.7. The highest BCUT2D eigenvalue weighted by atomic mass is 16.9. The van der Waals surface area contributed by atoms with Gasteiger partial charge in [0.15, 0.2) is 0 Å². The minimum Gasteiger partial charge on any atom is -0.382 e. The molecule has 0 aromatic carbocycles. The molecular formula is C21H44O5. The zero-order valence-corrected chi connectivity index (χ0v) is 18.0. The largest absolute Gasteiger partial charge is 0.382 e. The summed E-state index contributed by atoms with van der Waals surface area (Å²) in [6, 6.07) is 0. The second-order valence-corrected chi connectivity index (χ2v) is 6.77. The van der Waals surface area contributed by atoms with E-state index >= 15 is 0 Å². The van der Waals surface area contributed by atoms with E-state index in [9.17, 15) is 0 Å². The zero-order chi connectivity index (χ0) is 19.5. The molecule has 0 saturated heterocycles. The molecule has 0 aliphatic rings. The van der Waals surface area contributed by atoms with Gasteiger partial charge in [-0.1, -0.05) is 45.4 Å². The fourth-order valence-corrected chi connectivity index (χ4v) is 3.36. The standard InChI is InChI=1S/C21H44O5/c1-6-8-9-10-11-12-15-20(21(22-3,23-4)24-5)16-13-17-26-19-14-18-25-7-2/h20H,6-19H2,1-5H3. The summed E-state index contributed by atoms with van der Waals surface area (Å²) in [6.45, 7) is 7.32. The Morgan fingerprint density at radius 2 is 1.15 bits per heavy atom. The van der Waals surface area contributed by atoms with Crippen LogP contribution in [0, 0.1) is 5.92 Å². The van der Waals surface area contributed by atoms with Gasteiger partial charge in [0.2, 0.25) is 0 Å².